The number of carbonyl (C=O) groups excluding carboxylic acids is 1. The summed E-state index contributed by atoms with van der Waals surface area (Å²) in [5.74, 6) is 0.211. The number of halogens is 1. The quantitative estimate of drug-likeness (QED) is 0.627. The molecule has 1 aromatic heterocycles. The Morgan fingerprint density at radius 3 is 2.70 bits per heavy atom. The first-order valence-electron chi connectivity index (χ1n) is 6.96. The average Bonchev–Trinajstić information content (AvgIpc) is 2.99. The second-order valence-electron chi connectivity index (χ2n) is 5.26. The molecule has 0 bridgehead atoms. The van der Waals surface area contributed by atoms with Crippen LogP contribution in [-0.4, -0.2) is 17.6 Å². The van der Waals surface area contributed by atoms with E-state index in [1.165, 1.54) is 19.0 Å². The summed E-state index contributed by atoms with van der Waals surface area (Å²) in [5.41, 5.74) is 0.489. The van der Waals surface area contributed by atoms with E-state index in [0.717, 1.165) is 23.6 Å². The third-order valence-electron chi connectivity index (χ3n) is 3.89. The van der Waals surface area contributed by atoms with E-state index >= 15 is 0 Å². The molecule has 0 amide bonds. The number of ether oxygens (including phenoxy) is 1. The van der Waals surface area contributed by atoms with E-state index in [2.05, 4.69) is 4.98 Å². The number of hydrogen-bond acceptors (Lipinski definition) is 3. The topological polar surface area (TPSA) is 39.2 Å². The summed E-state index contributed by atoms with van der Waals surface area (Å²) in [5, 5.41) is 1.99. The maximum absolute atomic E-state index is 12.2. The van der Waals surface area contributed by atoms with Crippen LogP contribution in [0.2, 0.25) is 5.15 Å². The van der Waals surface area contributed by atoms with Gasteiger partial charge in [0, 0.05) is 17.0 Å². The summed E-state index contributed by atoms with van der Waals surface area (Å²) < 4.78 is 5.44. The average molecular weight is 290 g/mol. The SMILES string of the molecule is O=C(OCC1CCCC1)c1cnc(Cl)c2ccccc12. The zero-order chi connectivity index (χ0) is 13.9. The van der Waals surface area contributed by atoms with Crippen LogP contribution in [0.1, 0.15) is 36.0 Å². The number of hydrogen-bond donors (Lipinski definition) is 0. The van der Waals surface area contributed by atoms with Gasteiger partial charge in [0.2, 0.25) is 0 Å². The van der Waals surface area contributed by atoms with Crippen molar-refractivity contribution in [2.45, 2.75) is 25.7 Å². The van der Waals surface area contributed by atoms with Crippen molar-refractivity contribution in [1.29, 1.82) is 0 Å². The van der Waals surface area contributed by atoms with Crippen LogP contribution in [0, 0.1) is 5.92 Å². The molecule has 0 spiro atoms. The minimum atomic E-state index is -0.308. The highest BCUT2D eigenvalue weighted by Crippen LogP contribution is 2.27. The molecule has 3 rings (SSSR count). The molecular formula is C16H16ClNO2. The second-order valence-corrected chi connectivity index (χ2v) is 5.62. The lowest BCUT2D eigenvalue weighted by atomic mass is 10.1. The van der Waals surface area contributed by atoms with Gasteiger partial charge in [0.1, 0.15) is 5.15 Å². The summed E-state index contributed by atoms with van der Waals surface area (Å²) in [7, 11) is 0. The van der Waals surface area contributed by atoms with Crippen LogP contribution >= 0.6 is 11.6 Å². The van der Waals surface area contributed by atoms with Gasteiger partial charge >= 0.3 is 5.97 Å². The zero-order valence-corrected chi connectivity index (χ0v) is 11.9. The zero-order valence-electron chi connectivity index (χ0n) is 11.1. The third kappa shape index (κ3) is 2.63. The molecule has 104 valence electrons. The molecule has 0 saturated heterocycles. The summed E-state index contributed by atoms with van der Waals surface area (Å²) in [6.45, 7) is 0.510. The molecule has 2 aromatic rings. The van der Waals surface area contributed by atoms with Gasteiger partial charge in [-0.15, -0.1) is 0 Å². The Bertz CT molecular complexity index is 635. The van der Waals surface area contributed by atoms with Gasteiger partial charge in [0.25, 0.3) is 0 Å². The number of esters is 1. The van der Waals surface area contributed by atoms with E-state index in [9.17, 15) is 4.79 Å². The van der Waals surface area contributed by atoms with Gasteiger partial charge < -0.3 is 4.74 Å². The van der Waals surface area contributed by atoms with Crippen LogP contribution in [0.15, 0.2) is 30.5 Å². The molecule has 1 saturated carbocycles. The molecule has 1 heterocycles. The number of pyridine rings is 1. The maximum Gasteiger partial charge on any atom is 0.340 e. The van der Waals surface area contributed by atoms with Crippen LogP contribution in [0.25, 0.3) is 10.8 Å². The predicted molar refractivity (Wildman–Crippen MR) is 79.0 cm³/mol. The summed E-state index contributed by atoms with van der Waals surface area (Å²) in [6, 6.07) is 7.49. The standard InChI is InChI=1S/C16H16ClNO2/c17-15-13-8-4-3-7-12(13)14(9-18-15)16(19)20-10-11-5-1-2-6-11/h3-4,7-9,11H,1-2,5-6,10H2. The first kappa shape index (κ1) is 13.4. The maximum atomic E-state index is 12.2. The molecule has 0 N–H and O–H groups in total. The molecule has 1 aliphatic carbocycles. The van der Waals surface area contributed by atoms with Crippen LogP contribution in [0.5, 0.6) is 0 Å². The van der Waals surface area contributed by atoms with Crippen molar-refractivity contribution in [3.8, 4) is 0 Å². The Morgan fingerprint density at radius 2 is 1.95 bits per heavy atom. The number of benzene rings is 1. The van der Waals surface area contributed by atoms with Crippen LogP contribution in [0.3, 0.4) is 0 Å². The van der Waals surface area contributed by atoms with Gasteiger partial charge in [-0.05, 0) is 18.8 Å². The molecule has 20 heavy (non-hydrogen) atoms. The largest absolute Gasteiger partial charge is 0.462 e. The fourth-order valence-electron chi connectivity index (χ4n) is 2.77. The molecule has 0 atom stereocenters. The monoisotopic (exact) mass is 289 g/mol. The third-order valence-corrected chi connectivity index (χ3v) is 4.19. The number of carbonyl (C=O) groups is 1. The van der Waals surface area contributed by atoms with E-state index in [1.54, 1.807) is 0 Å². The molecule has 0 radical (unpaired) electrons. The van der Waals surface area contributed by atoms with Crippen molar-refractivity contribution in [2.24, 2.45) is 5.92 Å². The summed E-state index contributed by atoms with van der Waals surface area (Å²) in [6.07, 6.45) is 6.31. The predicted octanol–water partition coefficient (Wildman–Crippen LogP) is 4.24. The van der Waals surface area contributed by atoms with Crippen LogP contribution in [-0.2, 0) is 4.74 Å². The van der Waals surface area contributed by atoms with E-state index < -0.39 is 0 Å². The highest BCUT2D eigenvalue weighted by atomic mass is 35.5. The van der Waals surface area contributed by atoms with Crippen molar-refractivity contribution in [3.63, 3.8) is 0 Å². The Morgan fingerprint density at radius 1 is 1.25 bits per heavy atom. The number of rotatable bonds is 3. The number of aromatic nitrogens is 1. The Labute approximate surface area is 122 Å². The van der Waals surface area contributed by atoms with Crippen molar-refractivity contribution in [2.75, 3.05) is 6.61 Å². The van der Waals surface area contributed by atoms with Gasteiger partial charge in [-0.3, -0.25) is 0 Å². The van der Waals surface area contributed by atoms with Gasteiger partial charge in [-0.1, -0.05) is 48.7 Å². The lowest BCUT2D eigenvalue weighted by Gasteiger charge is -2.11. The van der Waals surface area contributed by atoms with Crippen molar-refractivity contribution in [1.82, 2.24) is 4.98 Å². The fraction of sp³-hybridized carbons (Fsp3) is 0.375. The van der Waals surface area contributed by atoms with Crippen molar-refractivity contribution >= 4 is 28.3 Å². The van der Waals surface area contributed by atoms with Crippen molar-refractivity contribution < 1.29 is 9.53 Å². The molecule has 0 aliphatic heterocycles. The van der Waals surface area contributed by atoms with Crippen molar-refractivity contribution in [3.05, 3.63) is 41.2 Å². The molecular weight excluding hydrogens is 274 g/mol. The first-order chi connectivity index (χ1) is 9.75. The number of nitrogens with zero attached hydrogens (tertiary/aromatic N) is 1. The van der Waals surface area contributed by atoms with Gasteiger partial charge in [0.15, 0.2) is 0 Å². The van der Waals surface area contributed by atoms with E-state index in [1.807, 2.05) is 24.3 Å². The highest BCUT2D eigenvalue weighted by Gasteiger charge is 2.19. The normalized spacial score (nSPS) is 15.7. The second kappa shape index (κ2) is 5.80. The summed E-state index contributed by atoms with van der Waals surface area (Å²) >= 11 is 6.05. The number of fused-ring (bicyclic) bond motifs is 1. The minimum absolute atomic E-state index is 0.308. The molecule has 0 unspecified atom stereocenters. The van der Waals surface area contributed by atoms with E-state index in [-0.39, 0.29) is 5.97 Å². The van der Waals surface area contributed by atoms with Gasteiger partial charge in [0.05, 0.1) is 12.2 Å². The van der Waals surface area contributed by atoms with Crippen LogP contribution in [0.4, 0.5) is 0 Å². The van der Waals surface area contributed by atoms with Gasteiger partial charge in [-0.2, -0.15) is 0 Å². The first-order valence-corrected chi connectivity index (χ1v) is 7.34. The molecule has 3 nitrogen and oxygen atoms in total. The molecule has 1 aromatic carbocycles. The van der Waals surface area contributed by atoms with E-state index in [0.29, 0.717) is 23.2 Å². The Balaban J connectivity index is 1.82. The van der Waals surface area contributed by atoms with Gasteiger partial charge in [-0.25, -0.2) is 9.78 Å². The highest BCUT2D eigenvalue weighted by molar-refractivity contribution is 6.34. The smallest absolute Gasteiger partial charge is 0.340 e. The molecule has 4 heteroatoms. The Hall–Kier alpha value is -1.61. The molecule has 1 fully saturated rings. The molecule has 1 aliphatic rings. The van der Waals surface area contributed by atoms with E-state index in [4.69, 9.17) is 16.3 Å². The fourth-order valence-corrected chi connectivity index (χ4v) is 2.98. The minimum Gasteiger partial charge on any atom is -0.462 e. The summed E-state index contributed by atoms with van der Waals surface area (Å²) in [4.78, 5) is 16.3. The Kier molecular flexibility index (Phi) is 3.88. The van der Waals surface area contributed by atoms with Crippen LogP contribution < -0.4 is 0 Å². The lowest BCUT2D eigenvalue weighted by Crippen LogP contribution is -2.12. The lowest BCUT2D eigenvalue weighted by molar-refractivity contribution is 0.0444.